The van der Waals surface area contributed by atoms with E-state index in [4.69, 9.17) is 4.74 Å². The first-order valence-corrected chi connectivity index (χ1v) is 12.4. The van der Waals surface area contributed by atoms with Crippen molar-refractivity contribution >= 4 is 27.0 Å². The van der Waals surface area contributed by atoms with Crippen LogP contribution in [0.1, 0.15) is 36.4 Å². The highest BCUT2D eigenvalue weighted by atomic mass is 32.2. The molecule has 0 aliphatic carbocycles. The molecular weight excluding hydrogens is 420 g/mol. The van der Waals surface area contributed by atoms with Gasteiger partial charge in [-0.3, -0.25) is 9.98 Å². The number of aryl methyl sites for hydroxylation is 1. The Morgan fingerprint density at radius 1 is 1.23 bits per heavy atom. The van der Waals surface area contributed by atoms with Crippen LogP contribution < -0.4 is 14.8 Å². The van der Waals surface area contributed by atoms with Crippen molar-refractivity contribution in [2.75, 3.05) is 26.0 Å². The molecule has 162 valence electrons. The largest absolute Gasteiger partial charge is 0.495 e. The summed E-state index contributed by atoms with van der Waals surface area (Å²) in [5, 5.41) is 4.42. The smallest absolute Gasteiger partial charge is 0.244 e. The van der Waals surface area contributed by atoms with E-state index in [1.165, 1.54) is 12.7 Å². The highest BCUT2D eigenvalue weighted by Gasteiger charge is 2.21. The number of aromatic nitrogens is 1. The van der Waals surface area contributed by atoms with Crippen molar-refractivity contribution in [2.45, 2.75) is 37.1 Å². The molecule has 7 nitrogen and oxygen atoms in total. The number of thioether (sulfide) groups is 1. The summed E-state index contributed by atoms with van der Waals surface area (Å²) in [6.07, 6.45) is 6.20. The number of amidine groups is 1. The first-order chi connectivity index (χ1) is 14.5. The Labute approximate surface area is 182 Å². The Kier molecular flexibility index (Phi) is 8.12. The average Bonchev–Trinajstić information content (AvgIpc) is 3.22. The monoisotopic (exact) mass is 448 g/mol. The number of pyridine rings is 1. The molecule has 1 aliphatic rings. The van der Waals surface area contributed by atoms with Gasteiger partial charge in [0.05, 0.1) is 13.2 Å². The molecule has 1 atom stereocenters. The van der Waals surface area contributed by atoms with Gasteiger partial charge in [-0.1, -0.05) is 24.2 Å². The van der Waals surface area contributed by atoms with Crippen LogP contribution in [0, 0.1) is 6.92 Å². The fraction of sp³-hybridized carbons (Fsp3) is 0.429. The van der Waals surface area contributed by atoms with Crippen molar-refractivity contribution in [2.24, 2.45) is 4.99 Å². The van der Waals surface area contributed by atoms with Crippen molar-refractivity contribution in [3.63, 3.8) is 0 Å². The number of unbranched alkanes of at least 4 members (excludes halogenated alkanes) is 2. The second kappa shape index (κ2) is 10.8. The SMILES string of the molecule is COc1ccc(C)cc1S(=O)(=O)NCCCCCN=C1NC(c2ccncc2)CS1. The normalized spacial score (nSPS) is 17.8. The van der Waals surface area contributed by atoms with Gasteiger partial charge in [0.1, 0.15) is 10.6 Å². The van der Waals surface area contributed by atoms with Crippen molar-refractivity contribution < 1.29 is 13.2 Å². The van der Waals surface area contributed by atoms with Gasteiger partial charge in [-0.2, -0.15) is 0 Å². The molecule has 1 aliphatic heterocycles. The summed E-state index contributed by atoms with van der Waals surface area (Å²) in [5.74, 6) is 1.32. The van der Waals surface area contributed by atoms with Crippen molar-refractivity contribution in [3.8, 4) is 5.75 Å². The number of hydrogen-bond acceptors (Lipinski definition) is 6. The molecule has 2 aromatic rings. The van der Waals surface area contributed by atoms with Crippen LogP contribution in [0.25, 0.3) is 0 Å². The summed E-state index contributed by atoms with van der Waals surface area (Å²) >= 11 is 1.73. The van der Waals surface area contributed by atoms with Gasteiger partial charge in [0.15, 0.2) is 5.17 Å². The van der Waals surface area contributed by atoms with Crippen molar-refractivity contribution in [1.29, 1.82) is 0 Å². The lowest BCUT2D eigenvalue weighted by Crippen LogP contribution is -2.25. The van der Waals surface area contributed by atoms with Crippen LogP contribution in [0.4, 0.5) is 0 Å². The highest BCUT2D eigenvalue weighted by molar-refractivity contribution is 8.14. The quantitative estimate of drug-likeness (QED) is 0.542. The van der Waals surface area contributed by atoms with Gasteiger partial charge in [-0.15, -0.1) is 0 Å². The zero-order valence-electron chi connectivity index (χ0n) is 17.3. The van der Waals surface area contributed by atoms with E-state index in [1.807, 2.05) is 25.1 Å². The molecule has 1 unspecified atom stereocenters. The molecule has 0 spiro atoms. The van der Waals surface area contributed by atoms with Gasteiger partial charge in [-0.05, 0) is 55.2 Å². The number of hydrogen-bond donors (Lipinski definition) is 2. The van der Waals surface area contributed by atoms with Crippen LogP contribution >= 0.6 is 11.8 Å². The predicted molar refractivity (Wildman–Crippen MR) is 122 cm³/mol. The molecular formula is C21H28N4O3S2. The van der Waals surface area contributed by atoms with Crippen molar-refractivity contribution in [1.82, 2.24) is 15.0 Å². The highest BCUT2D eigenvalue weighted by Crippen LogP contribution is 2.26. The number of nitrogens with one attached hydrogen (secondary N) is 2. The molecule has 1 aromatic heterocycles. The molecule has 2 N–H and O–H groups in total. The van der Waals surface area contributed by atoms with E-state index in [0.717, 1.165) is 42.3 Å². The van der Waals surface area contributed by atoms with Gasteiger partial charge < -0.3 is 10.1 Å². The second-order valence-corrected chi connectivity index (χ2v) is 9.83. The second-order valence-electron chi connectivity index (χ2n) is 7.09. The van der Waals surface area contributed by atoms with Gasteiger partial charge in [-0.25, -0.2) is 13.1 Å². The van der Waals surface area contributed by atoms with E-state index >= 15 is 0 Å². The van der Waals surface area contributed by atoms with Gasteiger partial charge >= 0.3 is 0 Å². The van der Waals surface area contributed by atoms with Gasteiger partial charge in [0.25, 0.3) is 0 Å². The van der Waals surface area contributed by atoms with Crippen LogP contribution in [-0.4, -0.2) is 44.5 Å². The maximum atomic E-state index is 12.5. The van der Waals surface area contributed by atoms with E-state index in [9.17, 15) is 8.42 Å². The summed E-state index contributed by atoms with van der Waals surface area (Å²) in [7, 11) is -2.11. The van der Waals surface area contributed by atoms with Gasteiger partial charge in [0, 0.05) is 31.2 Å². The first kappa shape index (κ1) is 22.6. The third-order valence-corrected chi connectivity index (χ3v) is 7.29. The lowest BCUT2D eigenvalue weighted by atomic mass is 10.1. The summed E-state index contributed by atoms with van der Waals surface area (Å²) in [6, 6.07) is 9.46. The van der Waals surface area contributed by atoms with E-state index in [0.29, 0.717) is 12.3 Å². The third kappa shape index (κ3) is 6.20. The molecule has 0 bridgehead atoms. The summed E-state index contributed by atoms with van der Waals surface area (Å²) in [5.41, 5.74) is 2.10. The summed E-state index contributed by atoms with van der Waals surface area (Å²) in [6.45, 7) is 2.99. The van der Waals surface area contributed by atoms with E-state index in [-0.39, 0.29) is 10.9 Å². The van der Waals surface area contributed by atoms with E-state index < -0.39 is 10.0 Å². The minimum atomic E-state index is -3.58. The lowest BCUT2D eigenvalue weighted by molar-refractivity contribution is 0.402. The van der Waals surface area contributed by atoms with Crippen molar-refractivity contribution in [3.05, 3.63) is 53.9 Å². The number of benzene rings is 1. The molecule has 0 saturated carbocycles. The molecule has 1 aromatic carbocycles. The minimum Gasteiger partial charge on any atom is -0.495 e. The Hall–Kier alpha value is -2.10. The molecule has 3 rings (SSSR count). The lowest BCUT2D eigenvalue weighted by Gasteiger charge is -2.11. The number of rotatable bonds is 10. The number of ether oxygens (including phenoxy) is 1. The number of sulfonamides is 1. The van der Waals surface area contributed by atoms with Crippen LogP contribution in [0.15, 0.2) is 52.6 Å². The molecule has 9 heteroatoms. The fourth-order valence-electron chi connectivity index (χ4n) is 3.13. The third-order valence-electron chi connectivity index (χ3n) is 4.78. The van der Waals surface area contributed by atoms with Crippen LogP contribution in [0.5, 0.6) is 5.75 Å². The minimum absolute atomic E-state index is 0.185. The summed E-state index contributed by atoms with van der Waals surface area (Å²) < 4.78 is 32.9. The van der Waals surface area contributed by atoms with E-state index in [1.54, 1.807) is 36.3 Å². The first-order valence-electron chi connectivity index (χ1n) is 9.97. The average molecular weight is 449 g/mol. The zero-order valence-corrected chi connectivity index (χ0v) is 18.9. The van der Waals surface area contributed by atoms with Crippen LogP contribution in [-0.2, 0) is 10.0 Å². The maximum Gasteiger partial charge on any atom is 0.244 e. The topological polar surface area (TPSA) is 92.7 Å². The van der Waals surface area contributed by atoms with Crippen LogP contribution in [0.3, 0.4) is 0 Å². The molecule has 2 heterocycles. The Bertz CT molecular complexity index is 965. The number of methoxy groups -OCH3 is 1. The molecule has 1 fully saturated rings. The van der Waals surface area contributed by atoms with Crippen LogP contribution in [0.2, 0.25) is 0 Å². The van der Waals surface area contributed by atoms with Gasteiger partial charge in [0.2, 0.25) is 10.0 Å². The maximum absolute atomic E-state index is 12.5. The predicted octanol–water partition coefficient (Wildman–Crippen LogP) is 3.28. The van der Waals surface area contributed by atoms with E-state index in [2.05, 4.69) is 20.0 Å². The standard InChI is InChI=1S/C21H28N4O3S2/c1-16-6-7-19(28-2)20(14-16)30(26,27)24-11-5-3-4-10-23-21-25-18(15-29-21)17-8-12-22-13-9-17/h6-9,12-14,18,24H,3-5,10-11,15H2,1-2H3,(H,23,25). The Balaban J connectivity index is 1.37. The number of aliphatic imine (C=N–C) groups is 1. The fourth-order valence-corrected chi connectivity index (χ4v) is 5.47. The molecule has 0 amide bonds. The zero-order chi connectivity index (χ0) is 21.4. The Morgan fingerprint density at radius 3 is 2.80 bits per heavy atom. The molecule has 1 saturated heterocycles. The molecule has 30 heavy (non-hydrogen) atoms. The molecule has 0 radical (unpaired) electrons. The summed E-state index contributed by atoms with van der Waals surface area (Å²) in [4.78, 5) is 8.86. The number of nitrogens with zero attached hydrogens (tertiary/aromatic N) is 2. The Morgan fingerprint density at radius 2 is 2.03 bits per heavy atom.